The standard InChI is InChI=1S/C14H17Cl2NO2/c15-11-4-2-10(12(16)8-11)3-5-13(18)17-9-14(19)6-1-7-14/h2,4,8,19H,1,3,5-7,9H2,(H,17,18). The summed E-state index contributed by atoms with van der Waals surface area (Å²) in [5, 5.41) is 13.8. The Balaban J connectivity index is 1.76. The molecule has 104 valence electrons. The van der Waals surface area contributed by atoms with E-state index in [0.717, 1.165) is 24.8 Å². The molecule has 0 heterocycles. The minimum absolute atomic E-state index is 0.0636. The van der Waals surface area contributed by atoms with E-state index in [2.05, 4.69) is 5.32 Å². The van der Waals surface area contributed by atoms with Crippen LogP contribution in [0, 0.1) is 0 Å². The smallest absolute Gasteiger partial charge is 0.220 e. The quantitative estimate of drug-likeness (QED) is 0.878. The highest BCUT2D eigenvalue weighted by atomic mass is 35.5. The first-order chi connectivity index (χ1) is 8.98. The molecule has 1 fully saturated rings. The van der Waals surface area contributed by atoms with Crippen molar-refractivity contribution in [1.29, 1.82) is 0 Å². The summed E-state index contributed by atoms with van der Waals surface area (Å²) in [5.41, 5.74) is 0.233. The van der Waals surface area contributed by atoms with Gasteiger partial charge in [-0.2, -0.15) is 0 Å². The third-order valence-electron chi connectivity index (χ3n) is 3.54. The van der Waals surface area contributed by atoms with Gasteiger partial charge in [0, 0.05) is 23.0 Å². The van der Waals surface area contributed by atoms with Crippen molar-refractivity contribution < 1.29 is 9.90 Å². The number of hydrogen-bond donors (Lipinski definition) is 2. The number of aliphatic hydroxyl groups is 1. The fraction of sp³-hybridized carbons (Fsp3) is 0.500. The lowest BCUT2D eigenvalue weighted by atomic mass is 9.80. The Morgan fingerprint density at radius 3 is 2.68 bits per heavy atom. The summed E-state index contributed by atoms with van der Waals surface area (Å²) in [4.78, 5) is 11.7. The normalized spacial score (nSPS) is 16.8. The summed E-state index contributed by atoms with van der Waals surface area (Å²) >= 11 is 11.8. The SMILES string of the molecule is O=C(CCc1ccc(Cl)cc1Cl)NCC1(O)CCC1. The van der Waals surface area contributed by atoms with Crippen LogP contribution in [0.4, 0.5) is 0 Å². The first-order valence-corrected chi connectivity index (χ1v) is 7.17. The molecule has 1 aromatic carbocycles. The van der Waals surface area contributed by atoms with E-state index in [4.69, 9.17) is 23.2 Å². The van der Waals surface area contributed by atoms with Gasteiger partial charge in [-0.25, -0.2) is 0 Å². The van der Waals surface area contributed by atoms with Crippen LogP contribution in [0.1, 0.15) is 31.2 Å². The molecule has 1 amide bonds. The van der Waals surface area contributed by atoms with E-state index in [0.29, 0.717) is 29.4 Å². The molecule has 0 saturated heterocycles. The van der Waals surface area contributed by atoms with Crippen LogP contribution in [0.25, 0.3) is 0 Å². The van der Waals surface area contributed by atoms with Crippen LogP contribution in [0.5, 0.6) is 0 Å². The van der Waals surface area contributed by atoms with Crippen molar-refractivity contribution in [3.63, 3.8) is 0 Å². The van der Waals surface area contributed by atoms with E-state index in [-0.39, 0.29) is 5.91 Å². The molecular weight excluding hydrogens is 285 g/mol. The van der Waals surface area contributed by atoms with Crippen LogP contribution in [0.3, 0.4) is 0 Å². The van der Waals surface area contributed by atoms with Crippen LogP contribution in [0.2, 0.25) is 10.0 Å². The number of carbonyl (C=O) groups excluding carboxylic acids is 1. The van der Waals surface area contributed by atoms with Gasteiger partial charge in [0.15, 0.2) is 0 Å². The van der Waals surface area contributed by atoms with Crippen molar-refractivity contribution in [2.24, 2.45) is 0 Å². The van der Waals surface area contributed by atoms with Crippen LogP contribution in [-0.2, 0) is 11.2 Å². The van der Waals surface area contributed by atoms with Gasteiger partial charge in [-0.15, -0.1) is 0 Å². The molecule has 1 aromatic rings. The van der Waals surface area contributed by atoms with Crippen LogP contribution >= 0.6 is 23.2 Å². The Bertz CT molecular complexity index is 473. The highest BCUT2D eigenvalue weighted by Gasteiger charge is 2.34. The Labute approximate surface area is 122 Å². The first-order valence-electron chi connectivity index (χ1n) is 6.42. The average molecular weight is 302 g/mol. The van der Waals surface area contributed by atoms with Crippen molar-refractivity contribution in [2.45, 2.75) is 37.7 Å². The summed E-state index contributed by atoms with van der Waals surface area (Å²) < 4.78 is 0. The molecule has 0 bridgehead atoms. The van der Waals surface area contributed by atoms with Gasteiger partial charge >= 0.3 is 0 Å². The van der Waals surface area contributed by atoms with Gasteiger partial charge in [0.1, 0.15) is 0 Å². The zero-order valence-corrected chi connectivity index (χ0v) is 12.1. The highest BCUT2D eigenvalue weighted by Crippen LogP contribution is 2.30. The summed E-state index contributed by atoms with van der Waals surface area (Å²) in [6.07, 6.45) is 3.51. The third-order valence-corrected chi connectivity index (χ3v) is 4.12. The monoisotopic (exact) mass is 301 g/mol. The molecule has 0 unspecified atom stereocenters. The zero-order valence-electron chi connectivity index (χ0n) is 10.6. The largest absolute Gasteiger partial charge is 0.388 e. The van der Waals surface area contributed by atoms with Gasteiger partial charge in [0.05, 0.1) is 5.60 Å². The van der Waals surface area contributed by atoms with E-state index >= 15 is 0 Å². The second kappa shape index (κ2) is 6.12. The first kappa shape index (κ1) is 14.6. The summed E-state index contributed by atoms with van der Waals surface area (Å²) in [6.45, 7) is 0.347. The second-order valence-corrected chi connectivity index (χ2v) is 5.93. The topological polar surface area (TPSA) is 49.3 Å². The van der Waals surface area contributed by atoms with Gasteiger partial charge in [0.25, 0.3) is 0 Å². The Morgan fingerprint density at radius 1 is 1.37 bits per heavy atom. The van der Waals surface area contributed by atoms with E-state index < -0.39 is 5.60 Å². The molecule has 1 aliphatic rings. The number of amides is 1. The highest BCUT2D eigenvalue weighted by molar-refractivity contribution is 6.35. The third kappa shape index (κ3) is 4.10. The van der Waals surface area contributed by atoms with Gasteiger partial charge in [-0.3, -0.25) is 4.79 Å². The lowest BCUT2D eigenvalue weighted by Crippen LogP contribution is -2.47. The molecule has 1 aliphatic carbocycles. The summed E-state index contributed by atoms with van der Waals surface area (Å²) in [7, 11) is 0. The molecule has 0 radical (unpaired) electrons. The zero-order chi connectivity index (χ0) is 13.9. The number of hydrogen-bond acceptors (Lipinski definition) is 2. The van der Waals surface area contributed by atoms with Crippen molar-refractivity contribution in [2.75, 3.05) is 6.54 Å². The van der Waals surface area contributed by atoms with Crippen molar-refractivity contribution in [3.8, 4) is 0 Å². The number of carbonyl (C=O) groups is 1. The van der Waals surface area contributed by atoms with E-state index in [1.165, 1.54) is 0 Å². The van der Waals surface area contributed by atoms with E-state index in [1.54, 1.807) is 12.1 Å². The van der Waals surface area contributed by atoms with Crippen molar-refractivity contribution in [1.82, 2.24) is 5.32 Å². The molecule has 2 rings (SSSR count). The molecule has 2 N–H and O–H groups in total. The Hall–Kier alpha value is -0.770. The number of rotatable bonds is 5. The number of benzene rings is 1. The molecular formula is C14H17Cl2NO2. The molecule has 0 spiro atoms. The fourth-order valence-corrected chi connectivity index (χ4v) is 2.59. The lowest BCUT2D eigenvalue weighted by molar-refractivity contribution is -0.123. The minimum atomic E-state index is -0.673. The maximum absolute atomic E-state index is 11.7. The number of nitrogens with one attached hydrogen (secondary N) is 1. The predicted octanol–water partition coefficient (Wildman–Crippen LogP) is 2.96. The van der Waals surface area contributed by atoms with E-state index in [1.807, 2.05) is 6.07 Å². The summed E-state index contributed by atoms with van der Waals surface area (Å²) in [5.74, 6) is -0.0636. The van der Waals surface area contributed by atoms with Gasteiger partial charge in [0.2, 0.25) is 5.91 Å². The molecule has 1 saturated carbocycles. The van der Waals surface area contributed by atoms with Gasteiger partial charge in [-0.05, 0) is 43.4 Å². The van der Waals surface area contributed by atoms with Crippen LogP contribution < -0.4 is 5.32 Å². The molecule has 0 aromatic heterocycles. The van der Waals surface area contributed by atoms with Gasteiger partial charge < -0.3 is 10.4 Å². The minimum Gasteiger partial charge on any atom is -0.388 e. The maximum Gasteiger partial charge on any atom is 0.220 e. The molecule has 0 atom stereocenters. The summed E-state index contributed by atoms with van der Waals surface area (Å²) in [6, 6.07) is 5.27. The Kier molecular flexibility index (Phi) is 4.71. The van der Waals surface area contributed by atoms with Crippen LogP contribution in [-0.4, -0.2) is 23.2 Å². The van der Waals surface area contributed by atoms with Crippen molar-refractivity contribution >= 4 is 29.1 Å². The molecule has 3 nitrogen and oxygen atoms in total. The average Bonchev–Trinajstić information content (AvgIpc) is 2.33. The fourth-order valence-electron chi connectivity index (χ4n) is 2.09. The maximum atomic E-state index is 11.7. The molecule has 19 heavy (non-hydrogen) atoms. The molecule has 5 heteroatoms. The molecule has 0 aliphatic heterocycles. The predicted molar refractivity (Wildman–Crippen MR) is 76.6 cm³/mol. The van der Waals surface area contributed by atoms with E-state index in [9.17, 15) is 9.90 Å². The Morgan fingerprint density at radius 2 is 2.11 bits per heavy atom. The van der Waals surface area contributed by atoms with Crippen LogP contribution in [0.15, 0.2) is 18.2 Å². The number of halogens is 2. The second-order valence-electron chi connectivity index (χ2n) is 5.09. The van der Waals surface area contributed by atoms with Gasteiger partial charge in [-0.1, -0.05) is 29.3 Å². The number of aryl methyl sites for hydroxylation is 1. The lowest BCUT2D eigenvalue weighted by Gasteiger charge is -2.36. The van der Waals surface area contributed by atoms with Crippen molar-refractivity contribution in [3.05, 3.63) is 33.8 Å².